The number of hydrogen-bond acceptors (Lipinski definition) is 3. The van der Waals surface area contributed by atoms with Gasteiger partial charge in [-0.1, -0.05) is 0 Å². The van der Waals surface area contributed by atoms with E-state index >= 15 is 0 Å². The van der Waals surface area contributed by atoms with Crippen LogP contribution in [0.3, 0.4) is 0 Å². The Labute approximate surface area is 72.0 Å². The van der Waals surface area contributed by atoms with Crippen molar-refractivity contribution in [2.75, 3.05) is 0 Å². The molecule has 66 valence electrons. The second-order valence-electron chi connectivity index (χ2n) is 2.24. The largest absolute Gasteiger partial charge is 0.463 e. The highest BCUT2D eigenvalue weighted by Gasteiger charge is 2.05. The summed E-state index contributed by atoms with van der Waals surface area (Å²) in [7, 11) is 0. The Morgan fingerprint density at radius 3 is 2.36 bits per heavy atom. The standard InChI is InChI=1S/C6H12N2O2.ClH/c1-4(2)10-6(9)3-5(7)8;/h4H,3H2,1-2H3,(H3,7,8);1H. The molecule has 0 heterocycles. The maximum absolute atomic E-state index is 10.6. The summed E-state index contributed by atoms with van der Waals surface area (Å²) in [6.45, 7) is 3.50. The highest BCUT2D eigenvalue weighted by Crippen LogP contribution is 1.91. The number of nitrogens with one attached hydrogen (secondary N) is 1. The van der Waals surface area contributed by atoms with Crippen molar-refractivity contribution in [3.63, 3.8) is 0 Å². The third-order valence-electron chi connectivity index (χ3n) is 0.702. The zero-order valence-electron chi connectivity index (χ0n) is 6.59. The fraction of sp³-hybridized carbons (Fsp3) is 0.667. The van der Waals surface area contributed by atoms with Gasteiger partial charge in [0.05, 0.1) is 6.10 Å². The molecule has 0 bridgehead atoms. The van der Waals surface area contributed by atoms with Crippen molar-refractivity contribution in [1.29, 1.82) is 5.41 Å². The smallest absolute Gasteiger partial charge is 0.313 e. The molecular weight excluding hydrogens is 168 g/mol. The van der Waals surface area contributed by atoms with Crippen molar-refractivity contribution in [3.05, 3.63) is 0 Å². The molecule has 0 aromatic rings. The normalized spacial score (nSPS) is 8.64. The summed E-state index contributed by atoms with van der Waals surface area (Å²) in [6.07, 6.45) is -0.245. The van der Waals surface area contributed by atoms with Crippen LogP contribution in [-0.2, 0) is 9.53 Å². The maximum Gasteiger partial charge on any atom is 0.313 e. The Morgan fingerprint density at radius 2 is 2.09 bits per heavy atom. The van der Waals surface area contributed by atoms with E-state index in [0.717, 1.165) is 0 Å². The third-order valence-corrected chi connectivity index (χ3v) is 0.702. The van der Waals surface area contributed by atoms with Crippen molar-refractivity contribution in [2.45, 2.75) is 26.4 Å². The summed E-state index contributed by atoms with van der Waals surface area (Å²) in [5, 5.41) is 6.75. The Kier molecular flexibility index (Phi) is 6.99. The zero-order chi connectivity index (χ0) is 8.15. The van der Waals surface area contributed by atoms with E-state index in [2.05, 4.69) is 0 Å². The molecule has 4 nitrogen and oxygen atoms in total. The van der Waals surface area contributed by atoms with E-state index in [1.807, 2.05) is 0 Å². The first-order valence-corrected chi connectivity index (χ1v) is 3.04. The number of esters is 1. The lowest BCUT2D eigenvalue weighted by Gasteiger charge is -2.05. The van der Waals surface area contributed by atoms with Crippen LogP contribution >= 0.6 is 12.4 Å². The van der Waals surface area contributed by atoms with Gasteiger partial charge in [0.15, 0.2) is 0 Å². The van der Waals surface area contributed by atoms with Crippen LogP contribution in [0.2, 0.25) is 0 Å². The number of nitrogens with two attached hydrogens (primary N) is 1. The van der Waals surface area contributed by atoms with Gasteiger partial charge in [0.2, 0.25) is 0 Å². The molecule has 0 fully saturated rings. The number of rotatable bonds is 3. The van der Waals surface area contributed by atoms with E-state index in [9.17, 15) is 4.79 Å². The Balaban J connectivity index is 0. The van der Waals surface area contributed by atoms with Crippen LogP contribution in [0, 0.1) is 5.41 Å². The number of hydrogen-bond donors (Lipinski definition) is 2. The first kappa shape index (κ1) is 12.9. The van der Waals surface area contributed by atoms with Crippen molar-refractivity contribution in [1.82, 2.24) is 0 Å². The third kappa shape index (κ3) is 9.23. The fourth-order valence-corrected chi connectivity index (χ4v) is 0.460. The quantitative estimate of drug-likeness (QED) is 0.381. The van der Waals surface area contributed by atoms with E-state index in [1.165, 1.54) is 0 Å². The van der Waals surface area contributed by atoms with Gasteiger partial charge < -0.3 is 10.5 Å². The Morgan fingerprint density at radius 1 is 1.64 bits per heavy atom. The van der Waals surface area contributed by atoms with Gasteiger partial charge in [-0.2, -0.15) is 0 Å². The monoisotopic (exact) mass is 180 g/mol. The maximum atomic E-state index is 10.6. The van der Waals surface area contributed by atoms with Gasteiger partial charge in [-0.25, -0.2) is 0 Å². The highest BCUT2D eigenvalue weighted by atomic mass is 35.5. The molecule has 0 amide bonds. The molecule has 11 heavy (non-hydrogen) atoms. The number of halogens is 1. The molecule has 0 aromatic heterocycles. The average molecular weight is 181 g/mol. The predicted molar refractivity (Wildman–Crippen MR) is 45.0 cm³/mol. The first-order chi connectivity index (χ1) is 4.52. The minimum absolute atomic E-state index is 0. The molecule has 0 aliphatic carbocycles. The summed E-state index contributed by atoms with van der Waals surface area (Å²) in [6, 6.07) is 0. The lowest BCUT2D eigenvalue weighted by Crippen LogP contribution is -2.19. The van der Waals surface area contributed by atoms with Crippen LogP contribution in [0.4, 0.5) is 0 Å². The fourth-order valence-electron chi connectivity index (χ4n) is 0.460. The van der Waals surface area contributed by atoms with E-state index in [-0.39, 0.29) is 30.8 Å². The Bertz CT molecular complexity index is 148. The molecule has 0 unspecified atom stereocenters. The number of carbonyl (C=O) groups excluding carboxylic acids is 1. The summed E-state index contributed by atoms with van der Waals surface area (Å²) < 4.78 is 4.70. The first-order valence-electron chi connectivity index (χ1n) is 3.04. The van der Waals surface area contributed by atoms with Crippen molar-refractivity contribution in [3.8, 4) is 0 Å². The van der Waals surface area contributed by atoms with Crippen molar-refractivity contribution in [2.24, 2.45) is 5.73 Å². The van der Waals surface area contributed by atoms with Crippen LogP contribution in [-0.4, -0.2) is 17.9 Å². The van der Waals surface area contributed by atoms with Gasteiger partial charge in [-0.3, -0.25) is 10.2 Å². The second-order valence-corrected chi connectivity index (χ2v) is 2.24. The molecule has 0 aromatic carbocycles. The van der Waals surface area contributed by atoms with E-state index in [1.54, 1.807) is 13.8 Å². The molecule has 0 saturated carbocycles. The highest BCUT2D eigenvalue weighted by molar-refractivity contribution is 5.94. The molecule has 0 saturated heterocycles. The lowest BCUT2D eigenvalue weighted by atomic mass is 10.4. The molecule has 0 spiro atoms. The predicted octanol–water partition coefficient (Wildman–Crippen LogP) is 0.686. The van der Waals surface area contributed by atoms with Gasteiger partial charge in [-0.15, -0.1) is 12.4 Å². The zero-order valence-corrected chi connectivity index (χ0v) is 7.40. The van der Waals surface area contributed by atoms with Crippen LogP contribution in [0.25, 0.3) is 0 Å². The van der Waals surface area contributed by atoms with Gasteiger partial charge in [0.1, 0.15) is 12.3 Å². The van der Waals surface area contributed by atoms with Gasteiger partial charge in [-0.05, 0) is 13.8 Å². The van der Waals surface area contributed by atoms with E-state index in [0.29, 0.717) is 0 Å². The molecule has 0 rings (SSSR count). The van der Waals surface area contributed by atoms with Gasteiger partial charge >= 0.3 is 5.97 Å². The number of carbonyl (C=O) groups is 1. The van der Waals surface area contributed by atoms with Gasteiger partial charge in [0.25, 0.3) is 0 Å². The number of amidine groups is 1. The minimum Gasteiger partial charge on any atom is -0.463 e. The summed E-state index contributed by atoms with van der Waals surface area (Å²) in [4.78, 5) is 10.6. The van der Waals surface area contributed by atoms with E-state index in [4.69, 9.17) is 15.9 Å². The molecule has 3 N–H and O–H groups in total. The topological polar surface area (TPSA) is 76.2 Å². The van der Waals surface area contributed by atoms with E-state index < -0.39 is 5.97 Å². The second kappa shape index (κ2) is 5.97. The molecule has 5 heteroatoms. The Hall–Kier alpha value is -0.770. The molecule has 0 aliphatic rings. The van der Waals surface area contributed by atoms with Crippen molar-refractivity contribution >= 4 is 24.2 Å². The number of ether oxygens (including phenoxy) is 1. The van der Waals surface area contributed by atoms with Gasteiger partial charge in [0, 0.05) is 0 Å². The molecule has 0 radical (unpaired) electrons. The van der Waals surface area contributed by atoms with Crippen molar-refractivity contribution < 1.29 is 9.53 Å². The molecule has 0 aliphatic heterocycles. The summed E-state index contributed by atoms with van der Waals surface area (Å²) >= 11 is 0. The van der Waals surface area contributed by atoms with Crippen LogP contribution in [0.15, 0.2) is 0 Å². The van der Waals surface area contributed by atoms with Crippen LogP contribution in [0.1, 0.15) is 20.3 Å². The molecule has 0 atom stereocenters. The average Bonchev–Trinajstić information content (AvgIpc) is 1.58. The summed E-state index contributed by atoms with van der Waals surface area (Å²) in [5.74, 6) is -0.604. The van der Waals surface area contributed by atoms with Crippen LogP contribution < -0.4 is 5.73 Å². The van der Waals surface area contributed by atoms with Crippen LogP contribution in [0.5, 0.6) is 0 Å². The summed E-state index contributed by atoms with van der Waals surface area (Å²) in [5.41, 5.74) is 4.95. The SMILES string of the molecule is CC(C)OC(=O)CC(=N)N.Cl. The minimum atomic E-state index is -0.442. The lowest BCUT2D eigenvalue weighted by molar-refractivity contribution is -0.145. The molecular formula is C6H13ClN2O2.